The molecule has 0 aromatic carbocycles. The first-order chi connectivity index (χ1) is 7.27. The predicted molar refractivity (Wildman–Crippen MR) is 53.8 cm³/mol. The van der Waals surface area contributed by atoms with Crippen molar-refractivity contribution in [3.8, 4) is 0 Å². The molecule has 0 spiro atoms. The molecule has 1 aliphatic rings. The van der Waals surface area contributed by atoms with Crippen LogP contribution in [0.2, 0.25) is 0 Å². The van der Waals surface area contributed by atoms with Gasteiger partial charge in [0, 0.05) is 12.2 Å². The summed E-state index contributed by atoms with van der Waals surface area (Å²) in [6.07, 6.45) is 2.33. The Bertz CT molecular complexity index is 322. The number of hydrogen-bond acceptors (Lipinski definition) is 2. The van der Waals surface area contributed by atoms with Gasteiger partial charge in [0.2, 0.25) is 0 Å². The number of aromatic nitrogens is 1. The van der Waals surface area contributed by atoms with Crippen LogP contribution in [0.15, 0.2) is 18.3 Å². The summed E-state index contributed by atoms with van der Waals surface area (Å²) >= 11 is 0. The third kappa shape index (κ3) is 2.50. The van der Waals surface area contributed by atoms with Crippen LogP contribution in [0.1, 0.15) is 43.0 Å². The van der Waals surface area contributed by atoms with Crippen molar-refractivity contribution in [2.24, 2.45) is 0 Å². The topological polar surface area (TPSA) is 24.9 Å². The highest BCUT2D eigenvalue weighted by molar-refractivity contribution is 5.21. The average Bonchev–Trinajstić information content (AvgIpc) is 2.30. The van der Waals surface area contributed by atoms with Crippen LogP contribution in [0.3, 0.4) is 0 Å². The van der Waals surface area contributed by atoms with Gasteiger partial charge >= 0.3 is 0 Å². The van der Waals surface area contributed by atoms with Gasteiger partial charge in [-0.2, -0.15) is 0 Å². The summed E-state index contributed by atoms with van der Waals surface area (Å²) in [4.78, 5) is 3.66. The predicted octanol–water partition coefficient (Wildman–Crippen LogP) is 2.83. The Morgan fingerprint density at radius 2 is 2.27 bits per heavy atom. The van der Waals surface area contributed by atoms with Crippen molar-refractivity contribution in [1.82, 2.24) is 10.3 Å². The number of alkyl halides is 2. The van der Waals surface area contributed by atoms with E-state index in [4.69, 9.17) is 0 Å². The highest BCUT2D eigenvalue weighted by Crippen LogP contribution is 2.25. The summed E-state index contributed by atoms with van der Waals surface area (Å²) in [6, 6.07) is 3.54. The van der Waals surface area contributed by atoms with Crippen molar-refractivity contribution in [1.29, 1.82) is 0 Å². The molecule has 1 aliphatic heterocycles. The number of nitrogens with zero attached hydrogens (tertiary/aromatic N) is 1. The Balaban J connectivity index is 2.16. The Morgan fingerprint density at radius 3 is 2.93 bits per heavy atom. The highest BCUT2D eigenvalue weighted by Gasteiger charge is 2.17. The third-order valence-corrected chi connectivity index (χ3v) is 2.74. The molecule has 4 heteroatoms. The summed E-state index contributed by atoms with van der Waals surface area (Å²) < 4.78 is 24.9. The number of hydrogen-bond donors (Lipinski definition) is 1. The van der Waals surface area contributed by atoms with Crippen LogP contribution in [0.5, 0.6) is 0 Å². The summed E-state index contributed by atoms with van der Waals surface area (Å²) in [5.41, 5.74) is 0.805. The van der Waals surface area contributed by atoms with E-state index in [9.17, 15) is 8.78 Å². The minimum Gasteiger partial charge on any atom is -0.310 e. The quantitative estimate of drug-likeness (QED) is 0.815. The molecule has 1 aromatic rings. The van der Waals surface area contributed by atoms with Crippen molar-refractivity contribution in [3.63, 3.8) is 0 Å². The molecule has 1 unspecified atom stereocenters. The van der Waals surface area contributed by atoms with Gasteiger partial charge in [0.25, 0.3) is 6.43 Å². The first-order valence-electron chi connectivity index (χ1n) is 5.25. The van der Waals surface area contributed by atoms with Crippen molar-refractivity contribution in [3.05, 3.63) is 29.6 Å². The van der Waals surface area contributed by atoms with Gasteiger partial charge in [-0.05, 0) is 37.1 Å². The first kappa shape index (κ1) is 10.5. The maximum Gasteiger partial charge on any atom is 0.280 e. The van der Waals surface area contributed by atoms with Crippen molar-refractivity contribution < 1.29 is 8.78 Å². The fourth-order valence-electron chi connectivity index (χ4n) is 1.94. The second-order valence-electron chi connectivity index (χ2n) is 3.82. The fraction of sp³-hybridized carbons (Fsp3) is 0.545. The Morgan fingerprint density at radius 1 is 1.40 bits per heavy atom. The van der Waals surface area contributed by atoms with E-state index in [1.54, 1.807) is 0 Å². The molecule has 0 bridgehead atoms. The molecule has 82 valence electrons. The largest absolute Gasteiger partial charge is 0.310 e. The summed E-state index contributed by atoms with van der Waals surface area (Å²) in [5.74, 6) is 0. The summed E-state index contributed by atoms with van der Waals surface area (Å²) in [7, 11) is 0. The number of piperidine rings is 1. The zero-order chi connectivity index (χ0) is 10.7. The molecule has 0 amide bonds. The van der Waals surface area contributed by atoms with Gasteiger partial charge < -0.3 is 5.32 Å². The molecule has 2 rings (SSSR count). The van der Waals surface area contributed by atoms with Crippen LogP contribution in [-0.2, 0) is 0 Å². The maximum atomic E-state index is 12.4. The molecule has 0 aliphatic carbocycles. The lowest BCUT2D eigenvalue weighted by Gasteiger charge is -2.23. The third-order valence-electron chi connectivity index (χ3n) is 2.74. The lowest BCUT2D eigenvalue weighted by Crippen LogP contribution is -2.26. The number of halogens is 2. The minimum absolute atomic E-state index is 0.125. The van der Waals surface area contributed by atoms with Crippen LogP contribution >= 0.6 is 0 Å². The Kier molecular flexibility index (Phi) is 3.26. The number of nitrogens with one attached hydrogen (secondary N) is 1. The molecule has 1 aromatic heterocycles. The molecule has 15 heavy (non-hydrogen) atoms. The van der Waals surface area contributed by atoms with Gasteiger partial charge in [-0.25, -0.2) is 8.78 Å². The number of rotatable bonds is 2. The van der Waals surface area contributed by atoms with Crippen molar-refractivity contribution in [2.45, 2.75) is 31.7 Å². The van der Waals surface area contributed by atoms with Crippen LogP contribution in [0.4, 0.5) is 8.78 Å². The summed E-state index contributed by atoms with van der Waals surface area (Å²) in [6.45, 7) is 0.969. The van der Waals surface area contributed by atoms with Gasteiger partial charge in [0.1, 0.15) is 5.69 Å². The second-order valence-corrected chi connectivity index (χ2v) is 3.82. The van der Waals surface area contributed by atoms with E-state index in [1.165, 1.54) is 18.7 Å². The lowest BCUT2D eigenvalue weighted by molar-refractivity contribution is 0.146. The molecule has 1 saturated heterocycles. The smallest absolute Gasteiger partial charge is 0.280 e. The molecular weight excluding hydrogens is 198 g/mol. The first-order valence-corrected chi connectivity index (χ1v) is 5.25. The molecule has 1 fully saturated rings. The SMILES string of the molecule is FC(F)c1cc(C2CCCCN2)ccn1. The maximum absolute atomic E-state index is 12.4. The zero-order valence-electron chi connectivity index (χ0n) is 8.42. The zero-order valence-corrected chi connectivity index (χ0v) is 8.42. The highest BCUT2D eigenvalue weighted by atomic mass is 19.3. The molecule has 0 saturated carbocycles. The van der Waals surface area contributed by atoms with E-state index in [0.717, 1.165) is 24.9 Å². The van der Waals surface area contributed by atoms with E-state index < -0.39 is 6.43 Å². The van der Waals surface area contributed by atoms with E-state index in [1.807, 2.05) is 6.07 Å². The molecule has 2 nitrogen and oxygen atoms in total. The van der Waals surface area contributed by atoms with E-state index in [0.29, 0.717) is 0 Å². The van der Waals surface area contributed by atoms with Gasteiger partial charge in [-0.1, -0.05) is 6.42 Å². The van der Waals surface area contributed by atoms with Gasteiger partial charge in [0.15, 0.2) is 0 Å². The fourth-order valence-corrected chi connectivity index (χ4v) is 1.94. The molecule has 2 heterocycles. The lowest BCUT2D eigenvalue weighted by atomic mass is 9.98. The van der Waals surface area contributed by atoms with Gasteiger partial charge in [-0.15, -0.1) is 0 Å². The molecule has 1 N–H and O–H groups in total. The number of pyridine rings is 1. The normalized spacial score (nSPS) is 21.9. The molecular formula is C11H14F2N2. The van der Waals surface area contributed by atoms with Crippen LogP contribution in [-0.4, -0.2) is 11.5 Å². The van der Waals surface area contributed by atoms with Gasteiger partial charge in [0.05, 0.1) is 0 Å². The Labute approximate surface area is 87.7 Å². The van der Waals surface area contributed by atoms with Crippen LogP contribution in [0, 0.1) is 0 Å². The van der Waals surface area contributed by atoms with Crippen LogP contribution in [0.25, 0.3) is 0 Å². The monoisotopic (exact) mass is 212 g/mol. The van der Waals surface area contributed by atoms with E-state index in [-0.39, 0.29) is 11.7 Å². The van der Waals surface area contributed by atoms with Crippen LogP contribution < -0.4 is 5.32 Å². The summed E-state index contributed by atoms with van der Waals surface area (Å²) in [5, 5.41) is 3.33. The average molecular weight is 212 g/mol. The van der Waals surface area contributed by atoms with E-state index in [2.05, 4.69) is 10.3 Å². The molecule has 0 radical (unpaired) electrons. The van der Waals surface area contributed by atoms with Gasteiger partial charge in [-0.3, -0.25) is 4.98 Å². The van der Waals surface area contributed by atoms with E-state index >= 15 is 0 Å². The Hall–Kier alpha value is -1.03. The second kappa shape index (κ2) is 4.66. The van der Waals surface area contributed by atoms with Crippen molar-refractivity contribution >= 4 is 0 Å². The standard InChI is InChI=1S/C11H14F2N2/c12-11(13)10-7-8(4-6-15-10)9-3-1-2-5-14-9/h4,6-7,9,11,14H,1-3,5H2. The van der Waals surface area contributed by atoms with Crippen molar-refractivity contribution in [2.75, 3.05) is 6.54 Å². The minimum atomic E-state index is -2.48. The molecule has 1 atom stereocenters.